The van der Waals surface area contributed by atoms with Crippen LogP contribution in [-0.4, -0.2) is 17.7 Å². The first-order valence-electron chi connectivity index (χ1n) is 6.73. The van der Waals surface area contributed by atoms with Crippen LogP contribution in [0.5, 0.6) is 5.75 Å². The van der Waals surface area contributed by atoms with Crippen molar-refractivity contribution in [3.63, 3.8) is 0 Å². The Balaban J connectivity index is 1.97. The van der Waals surface area contributed by atoms with Crippen LogP contribution in [0.2, 0.25) is 0 Å². The molecule has 0 saturated heterocycles. The zero-order chi connectivity index (χ0) is 14.4. The summed E-state index contributed by atoms with van der Waals surface area (Å²) in [6, 6.07) is 12.0. The number of hydrogen-bond acceptors (Lipinski definition) is 3. The number of carboxylic acids is 1. The van der Waals surface area contributed by atoms with Crippen molar-refractivity contribution in [3.05, 3.63) is 52.9 Å². The molecule has 2 heterocycles. The van der Waals surface area contributed by atoms with E-state index in [9.17, 15) is 9.90 Å². The maximum Gasteiger partial charge on any atom is 0.339 e. The molecule has 0 atom stereocenters. The van der Waals surface area contributed by atoms with Crippen LogP contribution in [0.15, 0.2) is 41.8 Å². The van der Waals surface area contributed by atoms with Gasteiger partial charge in [-0.3, -0.25) is 0 Å². The van der Waals surface area contributed by atoms with Crippen LogP contribution in [0.4, 0.5) is 0 Å². The van der Waals surface area contributed by atoms with Gasteiger partial charge >= 0.3 is 5.97 Å². The molecule has 4 heteroatoms. The molecule has 104 valence electrons. The number of benzene rings is 2. The van der Waals surface area contributed by atoms with Crippen molar-refractivity contribution in [1.82, 2.24) is 0 Å². The second-order valence-corrected chi connectivity index (χ2v) is 5.97. The van der Waals surface area contributed by atoms with E-state index in [0.717, 1.165) is 28.5 Å². The van der Waals surface area contributed by atoms with Gasteiger partial charge in [0.15, 0.2) is 0 Å². The minimum Gasteiger partial charge on any atom is -0.492 e. The van der Waals surface area contributed by atoms with Gasteiger partial charge < -0.3 is 9.84 Å². The molecular formula is C17H12O3S. The molecule has 1 aromatic heterocycles. The van der Waals surface area contributed by atoms with Gasteiger partial charge in [-0.1, -0.05) is 18.2 Å². The number of hydrogen-bond donors (Lipinski definition) is 1. The average Bonchev–Trinajstić information content (AvgIpc) is 3.12. The Bertz CT molecular complexity index is 864. The predicted molar refractivity (Wildman–Crippen MR) is 83.4 cm³/mol. The lowest BCUT2D eigenvalue weighted by molar-refractivity contribution is 0.0693. The summed E-state index contributed by atoms with van der Waals surface area (Å²) in [4.78, 5) is 11.5. The fraction of sp³-hybridized carbons (Fsp3) is 0.118. The topological polar surface area (TPSA) is 46.5 Å². The van der Waals surface area contributed by atoms with Gasteiger partial charge in [0.2, 0.25) is 0 Å². The van der Waals surface area contributed by atoms with Gasteiger partial charge in [0.1, 0.15) is 11.3 Å². The minimum absolute atomic E-state index is 0.260. The van der Waals surface area contributed by atoms with E-state index in [1.54, 1.807) is 17.4 Å². The normalized spacial score (nSPS) is 13.1. The van der Waals surface area contributed by atoms with Crippen LogP contribution < -0.4 is 4.74 Å². The fourth-order valence-corrected chi connectivity index (χ4v) is 3.79. The molecule has 0 aliphatic carbocycles. The first-order chi connectivity index (χ1) is 10.2. The highest BCUT2D eigenvalue weighted by Crippen LogP contribution is 2.39. The molecule has 4 rings (SSSR count). The highest BCUT2D eigenvalue weighted by Gasteiger charge is 2.22. The summed E-state index contributed by atoms with van der Waals surface area (Å²) in [5.74, 6) is -0.402. The number of carbonyl (C=O) groups is 1. The predicted octanol–water partition coefficient (Wildman–Crippen LogP) is 4.20. The van der Waals surface area contributed by atoms with Gasteiger partial charge in [0, 0.05) is 22.1 Å². The van der Waals surface area contributed by atoms with E-state index in [1.807, 2.05) is 12.1 Å². The van der Waals surface area contributed by atoms with Gasteiger partial charge in [0.05, 0.1) is 6.61 Å². The van der Waals surface area contributed by atoms with Crippen molar-refractivity contribution < 1.29 is 14.6 Å². The maximum absolute atomic E-state index is 11.5. The third-order valence-corrected chi connectivity index (χ3v) is 4.77. The van der Waals surface area contributed by atoms with E-state index in [1.165, 1.54) is 4.70 Å². The summed E-state index contributed by atoms with van der Waals surface area (Å²) in [5, 5.41) is 12.7. The third kappa shape index (κ3) is 1.91. The highest BCUT2D eigenvalue weighted by atomic mass is 32.1. The summed E-state index contributed by atoms with van der Waals surface area (Å²) >= 11 is 1.68. The van der Waals surface area contributed by atoms with E-state index < -0.39 is 5.97 Å². The second-order valence-electron chi connectivity index (χ2n) is 5.06. The Morgan fingerprint density at radius 1 is 1.24 bits per heavy atom. The molecule has 1 N–H and O–H groups in total. The number of fused-ring (bicyclic) bond motifs is 2. The second kappa shape index (κ2) is 4.60. The van der Waals surface area contributed by atoms with Crippen LogP contribution in [0.25, 0.3) is 21.2 Å². The van der Waals surface area contributed by atoms with Crippen LogP contribution >= 0.6 is 11.3 Å². The number of ether oxygens (including phenoxy) is 1. The largest absolute Gasteiger partial charge is 0.492 e. The Kier molecular flexibility index (Phi) is 2.72. The molecule has 1 aliphatic heterocycles. The molecule has 3 nitrogen and oxygen atoms in total. The standard InChI is InChI=1S/C17H12O3S/c18-17(19)13-8-11(7-10-5-6-20-16(10)13)14-9-21-15-4-2-1-3-12(14)15/h1-4,7-9H,5-6H2,(H,18,19). The molecule has 3 aromatic rings. The van der Waals surface area contributed by atoms with Gasteiger partial charge in [-0.05, 0) is 34.7 Å². The van der Waals surface area contributed by atoms with Gasteiger partial charge in [-0.15, -0.1) is 11.3 Å². The monoisotopic (exact) mass is 296 g/mol. The molecule has 21 heavy (non-hydrogen) atoms. The van der Waals surface area contributed by atoms with Crippen LogP contribution in [0.1, 0.15) is 15.9 Å². The molecule has 0 bridgehead atoms. The molecule has 0 radical (unpaired) electrons. The Morgan fingerprint density at radius 2 is 2.10 bits per heavy atom. The first kappa shape index (κ1) is 12.4. The molecule has 0 unspecified atom stereocenters. The van der Waals surface area contributed by atoms with E-state index in [0.29, 0.717) is 12.4 Å². The Labute approximate surface area is 125 Å². The third-order valence-electron chi connectivity index (χ3n) is 3.81. The number of carboxylic acid groups (broad SMARTS) is 1. The number of thiophene rings is 1. The Morgan fingerprint density at radius 3 is 2.95 bits per heavy atom. The van der Waals surface area contributed by atoms with E-state index >= 15 is 0 Å². The van der Waals surface area contributed by atoms with Gasteiger partial charge in [-0.2, -0.15) is 0 Å². The smallest absolute Gasteiger partial charge is 0.339 e. The average molecular weight is 296 g/mol. The van der Waals surface area contributed by atoms with E-state index in [4.69, 9.17) is 4.74 Å². The zero-order valence-corrected chi connectivity index (χ0v) is 11.9. The van der Waals surface area contributed by atoms with E-state index in [-0.39, 0.29) is 5.56 Å². The SMILES string of the molecule is O=C(O)c1cc(-c2csc3ccccc23)cc2c1OCC2. The maximum atomic E-state index is 11.5. The van der Waals surface area contributed by atoms with Crippen molar-refractivity contribution in [2.75, 3.05) is 6.61 Å². The summed E-state index contributed by atoms with van der Waals surface area (Å²) in [6.45, 7) is 0.559. The Hall–Kier alpha value is -2.33. The quantitative estimate of drug-likeness (QED) is 0.771. The molecule has 2 aromatic carbocycles. The lowest BCUT2D eigenvalue weighted by Gasteiger charge is -2.08. The number of rotatable bonds is 2. The van der Waals surface area contributed by atoms with Crippen molar-refractivity contribution in [1.29, 1.82) is 0 Å². The van der Waals surface area contributed by atoms with Crippen LogP contribution in [0, 0.1) is 0 Å². The molecule has 0 saturated carbocycles. The van der Waals surface area contributed by atoms with Crippen molar-refractivity contribution in [3.8, 4) is 16.9 Å². The molecular weight excluding hydrogens is 284 g/mol. The lowest BCUT2D eigenvalue weighted by atomic mass is 9.98. The van der Waals surface area contributed by atoms with Gasteiger partial charge in [0.25, 0.3) is 0 Å². The highest BCUT2D eigenvalue weighted by molar-refractivity contribution is 7.17. The molecule has 0 fully saturated rings. The summed E-state index contributed by atoms with van der Waals surface area (Å²) in [7, 11) is 0. The van der Waals surface area contributed by atoms with Crippen LogP contribution in [0.3, 0.4) is 0 Å². The van der Waals surface area contributed by atoms with Crippen molar-refractivity contribution >= 4 is 27.4 Å². The summed E-state index contributed by atoms with van der Waals surface area (Å²) in [5.41, 5.74) is 3.29. The summed E-state index contributed by atoms with van der Waals surface area (Å²) < 4.78 is 6.68. The first-order valence-corrected chi connectivity index (χ1v) is 7.61. The van der Waals surface area contributed by atoms with Crippen molar-refractivity contribution in [2.24, 2.45) is 0 Å². The van der Waals surface area contributed by atoms with Crippen molar-refractivity contribution in [2.45, 2.75) is 6.42 Å². The molecule has 1 aliphatic rings. The van der Waals surface area contributed by atoms with Gasteiger partial charge in [-0.25, -0.2) is 4.79 Å². The number of aromatic carboxylic acids is 1. The molecule has 0 amide bonds. The van der Waals surface area contributed by atoms with Crippen LogP contribution in [-0.2, 0) is 6.42 Å². The molecule has 0 spiro atoms. The zero-order valence-electron chi connectivity index (χ0n) is 11.1. The summed E-state index contributed by atoms with van der Waals surface area (Å²) in [6.07, 6.45) is 0.769. The fourth-order valence-electron chi connectivity index (χ4n) is 2.82. The minimum atomic E-state index is -0.936. The van der Waals surface area contributed by atoms with E-state index in [2.05, 4.69) is 23.6 Å². The lowest BCUT2D eigenvalue weighted by Crippen LogP contribution is -2.00.